The van der Waals surface area contributed by atoms with Gasteiger partial charge in [-0.1, -0.05) is 0 Å². The van der Waals surface area contributed by atoms with Gasteiger partial charge in [0.1, 0.15) is 0 Å². The second-order valence-electron chi connectivity index (χ2n) is 8.32. The van der Waals surface area contributed by atoms with E-state index in [4.69, 9.17) is 0 Å². The lowest BCUT2D eigenvalue weighted by atomic mass is 10.2. The molecule has 0 radical (unpaired) electrons. The highest BCUT2D eigenvalue weighted by atomic mass is 15.2. The third kappa shape index (κ3) is 14.3. The molecule has 2 heterocycles. The smallest absolute Gasteiger partial charge is 0.0320 e. The molecule has 7 N–H and O–H groups in total. The second kappa shape index (κ2) is 18.4. The molecule has 172 valence electrons. The van der Waals surface area contributed by atoms with Crippen LogP contribution in [0.25, 0.3) is 0 Å². The van der Waals surface area contributed by atoms with Gasteiger partial charge in [-0.2, -0.15) is 0 Å². The second-order valence-corrected chi connectivity index (χ2v) is 8.32. The zero-order valence-corrected chi connectivity index (χ0v) is 18.7. The summed E-state index contributed by atoms with van der Waals surface area (Å²) >= 11 is 0. The van der Waals surface area contributed by atoms with E-state index in [2.05, 4.69) is 42.1 Å². The summed E-state index contributed by atoms with van der Waals surface area (Å²) in [7, 11) is 0. The highest BCUT2D eigenvalue weighted by Gasteiger charge is 2.14. The molecule has 8 nitrogen and oxygen atoms in total. The summed E-state index contributed by atoms with van der Waals surface area (Å²) < 4.78 is 0. The quantitative estimate of drug-likeness (QED) is 0.291. The summed E-state index contributed by atoms with van der Waals surface area (Å²) in [6, 6.07) is 0.516. The van der Waals surface area contributed by atoms with Crippen molar-refractivity contribution in [2.45, 2.75) is 31.7 Å². The molecule has 1 atom stereocenters. The fourth-order valence-corrected chi connectivity index (χ4v) is 3.92. The summed E-state index contributed by atoms with van der Waals surface area (Å²) in [5.74, 6) is 0. The summed E-state index contributed by atoms with van der Waals surface area (Å²) in [6.07, 6.45) is 4.81. The van der Waals surface area contributed by atoms with E-state index in [1.807, 2.05) is 0 Å². The number of hydrogen-bond donors (Lipinski definition) is 7. The Hall–Kier alpha value is -0.320. The van der Waals surface area contributed by atoms with E-state index in [1.165, 1.54) is 32.2 Å². The molecule has 0 aliphatic carbocycles. The molecular formula is C21H48N8. The summed E-state index contributed by atoms with van der Waals surface area (Å²) in [5, 5.41) is 25.3. The Morgan fingerprint density at radius 2 is 1.00 bits per heavy atom. The van der Waals surface area contributed by atoms with Gasteiger partial charge in [0.2, 0.25) is 0 Å². The van der Waals surface area contributed by atoms with Crippen LogP contribution < -0.4 is 37.2 Å². The Bertz CT molecular complexity index is 298. The lowest BCUT2D eigenvalue weighted by Gasteiger charge is -2.29. The van der Waals surface area contributed by atoms with Crippen LogP contribution >= 0.6 is 0 Å². The minimum absolute atomic E-state index is 0.516. The van der Waals surface area contributed by atoms with E-state index in [0.717, 1.165) is 98.2 Å². The predicted octanol–water partition coefficient (Wildman–Crippen LogP) is -1.63. The fraction of sp³-hybridized carbons (Fsp3) is 1.00. The van der Waals surface area contributed by atoms with Crippen molar-refractivity contribution in [3.05, 3.63) is 0 Å². The molecule has 29 heavy (non-hydrogen) atoms. The third-order valence-corrected chi connectivity index (χ3v) is 5.64. The Morgan fingerprint density at radius 1 is 0.483 bits per heavy atom. The average Bonchev–Trinajstić information content (AvgIpc) is 2.73. The molecule has 2 saturated heterocycles. The summed E-state index contributed by atoms with van der Waals surface area (Å²) in [4.78, 5) is 2.65. The van der Waals surface area contributed by atoms with E-state index in [0.29, 0.717) is 6.04 Å². The van der Waals surface area contributed by atoms with Gasteiger partial charge in [-0.05, 0) is 78.0 Å². The summed E-state index contributed by atoms with van der Waals surface area (Å²) in [5.41, 5.74) is 0. The number of nitrogens with zero attached hydrogens (tertiary/aromatic N) is 1. The van der Waals surface area contributed by atoms with Crippen molar-refractivity contribution in [1.82, 2.24) is 42.1 Å². The van der Waals surface area contributed by atoms with Crippen LogP contribution in [0.15, 0.2) is 0 Å². The first-order chi connectivity index (χ1) is 14.4. The van der Waals surface area contributed by atoms with Crippen LogP contribution in [0.3, 0.4) is 0 Å². The fourth-order valence-electron chi connectivity index (χ4n) is 3.92. The standard InChI is InChI=1S/C21H48N8/c1-5-22-14-15-25-10-4-17-29(18-16-26-7-1)20-21-19-27-9-2-6-23-12-13-24-8-3-11-28-21/h21-28H,1-20H2. The van der Waals surface area contributed by atoms with E-state index in [1.54, 1.807) is 0 Å². The first-order valence-corrected chi connectivity index (χ1v) is 12.2. The van der Waals surface area contributed by atoms with Crippen LogP contribution in [0.5, 0.6) is 0 Å². The van der Waals surface area contributed by atoms with Gasteiger partial charge in [0.25, 0.3) is 0 Å². The molecule has 0 amide bonds. The molecule has 0 aromatic carbocycles. The Morgan fingerprint density at radius 3 is 1.66 bits per heavy atom. The van der Waals surface area contributed by atoms with Crippen LogP contribution in [0, 0.1) is 0 Å². The SMILES string of the molecule is C1CNCCNCCCN(CC2CNCCCNCCNCCCN2)CCNC1. The van der Waals surface area contributed by atoms with Crippen molar-refractivity contribution in [3.8, 4) is 0 Å². The van der Waals surface area contributed by atoms with Gasteiger partial charge >= 0.3 is 0 Å². The van der Waals surface area contributed by atoms with Crippen LogP contribution in [0.1, 0.15) is 25.7 Å². The van der Waals surface area contributed by atoms with Crippen LogP contribution in [-0.4, -0.2) is 116 Å². The third-order valence-electron chi connectivity index (χ3n) is 5.64. The Balaban J connectivity index is 1.77. The normalized spacial score (nSPS) is 27.5. The molecule has 0 aromatic rings. The topological polar surface area (TPSA) is 87.5 Å². The molecule has 8 heteroatoms. The maximum atomic E-state index is 3.82. The molecule has 2 aliphatic rings. The minimum atomic E-state index is 0.516. The molecule has 0 bridgehead atoms. The molecule has 0 aromatic heterocycles. The van der Waals surface area contributed by atoms with Crippen molar-refractivity contribution >= 4 is 0 Å². The monoisotopic (exact) mass is 412 g/mol. The van der Waals surface area contributed by atoms with E-state index >= 15 is 0 Å². The van der Waals surface area contributed by atoms with E-state index < -0.39 is 0 Å². The Labute approximate surface area is 179 Å². The lowest BCUT2D eigenvalue weighted by molar-refractivity contribution is 0.234. The van der Waals surface area contributed by atoms with Crippen molar-refractivity contribution in [2.75, 3.05) is 105 Å². The van der Waals surface area contributed by atoms with Crippen molar-refractivity contribution in [3.63, 3.8) is 0 Å². The first kappa shape index (κ1) is 24.9. The largest absolute Gasteiger partial charge is 0.315 e. The van der Waals surface area contributed by atoms with Gasteiger partial charge in [-0.25, -0.2) is 0 Å². The van der Waals surface area contributed by atoms with Gasteiger partial charge in [-0.3, -0.25) is 0 Å². The van der Waals surface area contributed by atoms with Gasteiger partial charge in [0, 0.05) is 58.4 Å². The molecule has 2 rings (SSSR count). The van der Waals surface area contributed by atoms with Crippen LogP contribution in [0.2, 0.25) is 0 Å². The highest BCUT2D eigenvalue weighted by molar-refractivity contribution is 4.76. The Kier molecular flexibility index (Phi) is 15.9. The zero-order chi connectivity index (χ0) is 20.2. The number of nitrogens with one attached hydrogen (secondary N) is 7. The van der Waals surface area contributed by atoms with Crippen molar-refractivity contribution in [2.24, 2.45) is 0 Å². The highest BCUT2D eigenvalue weighted by Crippen LogP contribution is 1.96. The average molecular weight is 413 g/mol. The lowest BCUT2D eigenvalue weighted by Crippen LogP contribution is -2.49. The number of hydrogen-bond acceptors (Lipinski definition) is 8. The predicted molar refractivity (Wildman–Crippen MR) is 124 cm³/mol. The van der Waals surface area contributed by atoms with Gasteiger partial charge in [0.15, 0.2) is 0 Å². The molecule has 0 saturated carbocycles. The molecule has 0 spiro atoms. The zero-order valence-electron chi connectivity index (χ0n) is 18.7. The summed E-state index contributed by atoms with van der Waals surface area (Å²) in [6.45, 7) is 17.6. The van der Waals surface area contributed by atoms with Crippen LogP contribution in [-0.2, 0) is 0 Å². The van der Waals surface area contributed by atoms with E-state index in [-0.39, 0.29) is 0 Å². The van der Waals surface area contributed by atoms with Crippen molar-refractivity contribution < 1.29 is 0 Å². The maximum Gasteiger partial charge on any atom is 0.0320 e. The first-order valence-electron chi connectivity index (χ1n) is 12.2. The maximum absolute atomic E-state index is 3.82. The van der Waals surface area contributed by atoms with Gasteiger partial charge in [-0.15, -0.1) is 0 Å². The molecule has 1 unspecified atom stereocenters. The van der Waals surface area contributed by atoms with Crippen LogP contribution in [0.4, 0.5) is 0 Å². The van der Waals surface area contributed by atoms with Crippen molar-refractivity contribution in [1.29, 1.82) is 0 Å². The van der Waals surface area contributed by atoms with Gasteiger partial charge < -0.3 is 42.1 Å². The molecule has 2 fully saturated rings. The van der Waals surface area contributed by atoms with Gasteiger partial charge in [0.05, 0.1) is 0 Å². The molecule has 2 aliphatic heterocycles. The van der Waals surface area contributed by atoms with E-state index in [9.17, 15) is 0 Å². The molecular weight excluding hydrogens is 364 g/mol. The minimum Gasteiger partial charge on any atom is -0.315 e. The number of rotatable bonds is 2.